The molecule has 0 saturated carbocycles. The van der Waals surface area contributed by atoms with Crippen molar-refractivity contribution >= 4 is 33.8 Å². The Morgan fingerprint density at radius 1 is 1.41 bits per heavy atom. The summed E-state index contributed by atoms with van der Waals surface area (Å²) in [6, 6.07) is 7.75. The van der Waals surface area contributed by atoms with Crippen molar-refractivity contribution in [3.8, 4) is 11.8 Å². The maximum absolute atomic E-state index is 12.7. The smallest absolute Gasteiger partial charge is 0.265 e. The number of anilines is 1. The van der Waals surface area contributed by atoms with Crippen LogP contribution in [0, 0.1) is 29.6 Å². The molecule has 1 amide bonds. The molecule has 1 heterocycles. The van der Waals surface area contributed by atoms with E-state index in [2.05, 4.69) is 32.2 Å². The van der Waals surface area contributed by atoms with E-state index in [0.717, 1.165) is 30.4 Å². The van der Waals surface area contributed by atoms with E-state index in [9.17, 15) is 10.1 Å². The van der Waals surface area contributed by atoms with Gasteiger partial charge in [-0.25, -0.2) is 0 Å². The van der Waals surface area contributed by atoms with Gasteiger partial charge in [0.2, 0.25) is 0 Å². The van der Waals surface area contributed by atoms with Crippen molar-refractivity contribution in [3.63, 3.8) is 0 Å². The molecule has 0 spiro atoms. The van der Waals surface area contributed by atoms with Crippen molar-refractivity contribution in [2.45, 2.75) is 60.0 Å². The van der Waals surface area contributed by atoms with Crippen LogP contribution in [-0.4, -0.2) is 12.0 Å². The van der Waals surface area contributed by atoms with Gasteiger partial charge in [-0.3, -0.25) is 4.79 Å². The van der Waals surface area contributed by atoms with Crippen LogP contribution in [0.15, 0.2) is 18.2 Å². The molecule has 6 heteroatoms. The molecule has 4 nitrogen and oxygen atoms in total. The standard InChI is InChI=1S/C23H27ClN2O2S/c1-13-6-9-18(24)19(10-13)28-14(2)21(27)26-22-17(12-25)16-8-7-15(23(3,4)5)11-20(16)29-22/h6,9-10,14-15H,7-8,11H2,1-5H3,(H,26,27)/t14-,15+/m0/s1. The van der Waals surface area contributed by atoms with Crippen LogP contribution in [0.2, 0.25) is 5.02 Å². The molecule has 29 heavy (non-hydrogen) atoms. The van der Waals surface area contributed by atoms with Gasteiger partial charge in [0.15, 0.2) is 6.10 Å². The molecule has 0 aliphatic heterocycles. The summed E-state index contributed by atoms with van der Waals surface area (Å²) >= 11 is 7.70. The average Bonchev–Trinajstić information content (AvgIpc) is 2.99. The number of hydrogen-bond donors (Lipinski definition) is 1. The number of thiophene rings is 1. The van der Waals surface area contributed by atoms with Crippen LogP contribution in [0.25, 0.3) is 0 Å². The maximum Gasteiger partial charge on any atom is 0.265 e. The van der Waals surface area contributed by atoms with E-state index in [0.29, 0.717) is 27.3 Å². The topological polar surface area (TPSA) is 62.1 Å². The van der Waals surface area contributed by atoms with Gasteiger partial charge in [0.1, 0.15) is 16.8 Å². The van der Waals surface area contributed by atoms with E-state index in [1.54, 1.807) is 13.0 Å². The first kappa shape index (κ1) is 21.7. The average molecular weight is 431 g/mol. The second kappa shape index (κ2) is 8.38. The Labute approximate surface area is 181 Å². The quantitative estimate of drug-likeness (QED) is 0.633. The van der Waals surface area contributed by atoms with Gasteiger partial charge in [-0.15, -0.1) is 11.3 Å². The Hall–Kier alpha value is -2.03. The lowest BCUT2D eigenvalue weighted by Crippen LogP contribution is -2.30. The molecular formula is C23H27ClN2O2S. The van der Waals surface area contributed by atoms with Crippen LogP contribution in [0.3, 0.4) is 0 Å². The summed E-state index contributed by atoms with van der Waals surface area (Å²) in [5, 5.41) is 13.7. The van der Waals surface area contributed by atoms with Crippen molar-refractivity contribution < 1.29 is 9.53 Å². The van der Waals surface area contributed by atoms with E-state index in [4.69, 9.17) is 16.3 Å². The maximum atomic E-state index is 12.7. The third-order valence-electron chi connectivity index (χ3n) is 5.60. The molecule has 3 rings (SSSR count). The third-order valence-corrected chi connectivity index (χ3v) is 7.08. The van der Waals surface area contributed by atoms with Crippen molar-refractivity contribution in [1.82, 2.24) is 0 Å². The Balaban J connectivity index is 1.76. The molecule has 0 bridgehead atoms. The minimum Gasteiger partial charge on any atom is -0.479 e. The fourth-order valence-electron chi connectivity index (χ4n) is 3.69. The zero-order chi connectivity index (χ0) is 21.3. The molecule has 0 saturated heterocycles. The highest BCUT2D eigenvalue weighted by Crippen LogP contribution is 2.44. The monoisotopic (exact) mass is 430 g/mol. The SMILES string of the molecule is Cc1ccc(Cl)c(O[C@@H](C)C(=O)Nc2sc3c(c2C#N)CC[C@@H](C(C)(C)C)C3)c1. The zero-order valence-electron chi connectivity index (χ0n) is 17.6. The number of rotatable bonds is 4. The third kappa shape index (κ3) is 4.76. The molecule has 2 aromatic rings. The minimum absolute atomic E-state index is 0.229. The fraction of sp³-hybridized carbons (Fsp3) is 0.478. The van der Waals surface area contributed by atoms with Gasteiger partial charge in [-0.2, -0.15) is 5.26 Å². The molecule has 1 aliphatic carbocycles. The first-order chi connectivity index (χ1) is 13.6. The van der Waals surface area contributed by atoms with Gasteiger partial charge >= 0.3 is 0 Å². The number of carbonyl (C=O) groups is 1. The normalized spacial score (nSPS) is 17.2. The van der Waals surface area contributed by atoms with Gasteiger partial charge < -0.3 is 10.1 Å². The lowest BCUT2D eigenvalue weighted by Gasteiger charge is -2.33. The predicted octanol–water partition coefficient (Wildman–Crippen LogP) is 6.14. The number of ether oxygens (including phenoxy) is 1. The summed E-state index contributed by atoms with van der Waals surface area (Å²) in [5.74, 6) is 0.771. The lowest BCUT2D eigenvalue weighted by molar-refractivity contribution is -0.122. The Morgan fingerprint density at radius 3 is 2.79 bits per heavy atom. The lowest BCUT2D eigenvalue weighted by atomic mass is 9.72. The number of carbonyl (C=O) groups excluding carboxylic acids is 1. The number of benzene rings is 1. The number of nitrogens with zero attached hydrogens (tertiary/aromatic N) is 1. The van der Waals surface area contributed by atoms with E-state index in [-0.39, 0.29) is 11.3 Å². The number of amides is 1. The van der Waals surface area contributed by atoms with E-state index >= 15 is 0 Å². The molecular weight excluding hydrogens is 404 g/mol. The van der Waals surface area contributed by atoms with Gasteiger partial charge in [-0.05, 0) is 67.7 Å². The Morgan fingerprint density at radius 2 is 2.14 bits per heavy atom. The van der Waals surface area contributed by atoms with Crippen LogP contribution < -0.4 is 10.1 Å². The first-order valence-corrected chi connectivity index (χ1v) is 11.1. The predicted molar refractivity (Wildman–Crippen MR) is 119 cm³/mol. The highest BCUT2D eigenvalue weighted by Gasteiger charge is 2.32. The van der Waals surface area contributed by atoms with Crippen molar-refractivity contribution in [2.24, 2.45) is 11.3 Å². The number of nitriles is 1. The molecule has 0 radical (unpaired) electrons. The van der Waals surface area contributed by atoms with Gasteiger partial charge in [0.05, 0.1) is 10.6 Å². The zero-order valence-corrected chi connectivity index (χ0v) is 19.1. The number of hydrogen-bond acceptors (Lipinski definition) is 4. The molecule has 1 aromatic heterocycles. The van der Waals surface area contributed by atoms with Gasteiger partial charge in [0, 0.05) is 4.88 Å². The number of aryl methyl sites for hydroxylation is 1. The van der Waals surface area contributed by atoms with E-state index < -0.39 is 6.10 Å². The van der Waals surface area contributed by atoms with Crippen LogP contribution in [0.4, 0.5) is 5.00 Å². The van der Waals surface area contributed by atoms with E-state index in [1.165, 1.54) is 16.2 Å². The summed E-state index contributed by atoms with van der Waals surface area (Å²) in [6.45, 7) is 10.4. The molecule has 1 aliphatic rings. The van der Waals surface area contributed by atoms with Gasteiger partial charge in [0.25, 0.3) is 5.91 Å². The summed E-state index contributed by atoms with van der Waals surface area (Å²) in [7, 11) is 0. The van der Waals surface area contributed by atoms with Crippen molar-refractivity contribution in [2.75, 3.05) is 5.32 Å². The minimum atomic E-state index is -0.734. The van der Waals surface area contributed by atoms with Crippen LogP contribution in [0.1, 0.15) is 55.7 Å². The van der Waals surface area contributed by atoms with Crippen LogP contribution in [0.5, 0.6) is 5.75 Å². The number of nitrogens with one attached hydrogen (secondary N) is 1. The Bertz CT molecular complexity index is 968. The van der Waals surface area contributed by atoms with Crippen molar-refractivity contribution in [3.05, 3.63) is 44.8 Å². The van der Waals surface area contributed by atoms with Crippen LogP contribution in [-0.2, 0) is 17.6 Å². The molecule has 0 fully saturated rings. The van der Waals surface area contributed by atoms with E-state index in [1.807, 2.05) is 19.1 Å². The first-order valence-electron chi connectivity index (χ1n) is 9.88. The van der Waals surface area contributed by atoms with Gasteiger partial charge in [-0.1, -0.05) is 38.4 Å². The highest BCUT2D eigenvalue weighted by atomic mass is 35.5. The number of halogens is 1. The molecule has 2 atom stereocenters. The highest BCUT2D eigenvalue weighted by molar-refractivity contribution is 7.16. The second-order valence-electron chi connectivity index (χ2n) is 8.81. The summed E-state index contributed by atoms with van der Waals surface area (Å²) in [6.07, 6.45) is 2.18. The fourth-order valence-corrected chi connectivity index (χ4v) is 5.13. The Kier molecular flexibility index (Phi) is 6.26. The summed E-state index contributed by atoms with van der Waals surface area (Å²) in [4.78, 5) is 14.0. The summed E-state index contributed by atoms with van der Waals surface area (Å²) in [5.41, 5.74) is 2.94. The number of fused-ring (bicyclic) bond motifs is 1. The molecule has 154 valence electrons. The molecule has 1 aromatic carbocycles. The molecule has 0 unspecified atom stereocenters. The largest absolute Gasteiger partial charge is 0.479 e. The van der Waals surface area contributed by atoms with Crippen molar-refractivity contribution in [1.29, 1.82) is 5.26 Å². The van der Waals surface area contributed by atoms with Crippen LogP contribution >= 0.6 is 22.9 Å². The summed E-state index contributed by atoms with van der Waals surface area (Å²) < 4.78 is 5.77. The molecule has 1 N–H and O–H groups in total. The second-order valence-corrected chi connectivity index (χ2v) is 10.3.